The van der Waals surface area contributed by atoms with Crippen molar-refractivity contribution in [1.82, 2.24) is 4.98 Å². The Labute approximate surface area is 150 Å². The Morgan fingerprint density at radius 2 is 1.58 bits per heavy atom. The average molecular weight is 378 g/mol. The summed E-state index contributed by atoms with van der Waals surface area (Å²) in [5, 5.41) is 0. The summed E-state index contributed by atoms with van der Waals surface area (Å²) in [6, 6.07) is 22.1. The number of nitrogens with zero attached hydrogens (tertiary/aromatic N) is 1. The van der Waals surface area contributed by atoms with Gasteiger partial charge in [0.1, 0.15) is 0 Å². The van der Waals surface area contributed by atoms with E-state index in [1.165, 1.54) is 21.2 Å². The van der Waals surface area contributed by atoms with Crippen molar-refractivity contribution < 1.29 is 0 Å². The second-order valence-corrected chi connectivity index (χ2v) is 8.55. The van der Waals surface area contributed by atoms with Crippen LogP contribution in [-0.4, -0.2) is 19.9 Å². The van der Waals surface area contributed by atoms with E-state index in [9.17, 15) is 0 Å². The molecule has 1 aromatic heterocycles. The van der Waals surface area contributed by atoms with Gasteiger partial charge in [0.25, 0.3) is 0 Å². The molecule has 0 N–H and O–H groups in total. The van der Waals surface area contributed by atoms with Crippen LogP contribution in [0.2, 0.25) is 0 Å². The Hall–Kier alpha value is -1.89. The molecule has 2 heterocycles. The van der Waals surface area contributed by atoms with Crippen molar-refractivity contribution in [2.75, 3.05) is 0 Å². The fourth-order valence-corrected chi connectivity index (χ4v) is 6.78. The van der Waals surface area contributed by atoms with E-state index in [1.54, 1.807) is 4.46 Å². The zero-order valence-corrected chi connectivity index (χ0v) is 15.8. The van der Waals surface area contributed by atoms with Gasteiger partial charge in [-0.25, -0.2) is 0 Å². The van der Waals surface area contributed by atoms with Gasteiger partial charge in [0.05, 0.1) is 0 Å². The van der Waals surface area contributed by atoms with Crippen molar-refractivity contribution in [2.24, 2.45) is 0 Å². The molecule has 3 aromatic rings. The molecule has 0 spiro atoms. The van der Waals surface area contributed by atoms with E-state index in [4.69, 9.17) is 0 Å². The summed E-state index contributed by atoms with van der Waals surface area (Å²) in [7, 11) is 0. The van der Waals surface area contributed by atoms with Crippen LogP contribution in [0.3, 0.4) is 0 Å². The zero-order chi connectivity index (χ0) is 16.6. The van der Waals surface area contributed by atoms with E-state index in [2.05, 4.69) is 73.4 Å². The number of hydrogen-bond donors (Lipinski definition) is 0. The first-order valence-electron chi connectivity index (χ1n) is 8.62. The summed E-state index contributed by atoms with van der Waals surface area (Å²) in [4.78, 5) is 4.65. The molecule has 24 heavy (non-hydrogen) atoms. The summed E-state index contributed by atoms with van der Waals surface area (Å²) >= 11 is 0.366. The van der Waals surface area contributed by atoms with Gasteiger partial charge in [-0.15, -0.1) is 0 Å². The fourth-order valence-electron chi connectivity index (χ4n) is 4.03. The molecule has 0 amide bonds. The molecule has 2 heteroatoms. The SMILES string of the molecule is CCC1(CC)c2ccccc2[Se]c2cccc(-c3ccccn3)c21. The molecule has 0 saturated carbocycles. The molecule has 1 nitrogen and oxygen atoms in total. The number of benzene rings is 2. The molecule has 0 bridgehead atoms. The van der Waals surface area contributed by atoms with Crippen molar-refractivity contribution in [3.05, 3.63) is 78.0 Å². The van der Waals surface area contributed by atoms with E-state index in [-0.39, 0.29) is 5.41 Å². The topological polar surface area (TPSA) is 12.9 Å². The quantitative estimate of drug-likeness (QED) is 0.632. The Morgan fingerprint density at radius 3 is 2.33 bits per heavy atom. The van der Waals surface area contributed by atoms with Gasteiger partial charge in [0.15, 0.2) is 0 Å². The molecular formula is C22H21NSe. The van der Waals surface area contributed by atoms with Crippen LogP contribution in [0.15, 0.2) is 66.9 Å². The van der Waals surface area contributed by atoms with Gasteiger partial charge in [0.2, 0.25) is 0 Å². The van der Waals surface area contributed by atoms with Crippen LogP contribution in [0.25, 0.3) is 11.3 Å². The Bertz CT molecular complexity index is 866. The number of rotatable bonds is 3. The second kappa shape index (κ2) is 6.20. The molecule has 1 aliphatic heterocycles. The first-order chi connectivity index (χ1) is 11.8. The maximum absolute atomic E-state index is 4.65. The van der Waals surface area contributed by atoms with Crippen molar-refractivity contribution in [3.63, 3.8) is 0 Å². The third-order valence-electron chi connectivity index (χ3n) is 5.28. The van der Waals surface area contributed by atoms with Crippen LogP contribution in [0, 0.1) is 0 Å². The molecule has 0 radical (unpaired) electrons. The van der Waals surface area contributed by atoms with Gasteiger partial charge in [-0.1, -0.05) is 0 Å². The van der Waals surface area contributed by atoms with E-state index >= 15 is 0 Å². The van der Waals surface area contributed by atoms with E-state index < -0.39 is 0 Å². The van der Waals surface area contributed by atoms with Crippen LogP contribution in [0.1, 0.15) is 37.8 Å². The monoisotopic (exact) mass is 379 g/mol. The first kappa shape index (κ1) is 15.6. The molecule has 0 atom stereocenters. The summed E-state index contributed by atoms with van der Waals surface area (Å²) in [5.74, 6) is 0. The standard InChI is InChI=1S/C22H21NSe/c1-3-22(4-2)17-11-5-6-13-19(17)24-20-14-9-10-16(21(20)22)18-12-7-8-15-23-18/h5-15H,3-4H2,1-2H3. The van der Waals surface area contributed by atoms with Gasteiger partial charge in [-0.2, -0.15) is 0 Å². The fraction of sp³-hybridized carbons (Fsp3) is 0.227. The van der Waals surface area contributed by atoms with Gasteiger partial charge < -0.3 is 0 Å². The van der Waals surface area contributed by atoms with Crippen LogP contribution in [-0.2, 0) is 5.41 Å². The molecule has 0 fully saturated rings. The molecule has 0 saturated heterocycles. The Morgan fingerprint density at radius 1 is 0.833 bits per heavy atom. The number of aromatic nitrogens is 1. The van der Waals surface area contributed by atoms with Gasteiger partial charge in [-0.3, -0.25) is 0 Å². The third kappa shape index (κ3) is 2.25. The van der Waals surface area contributed by atoms with E-state index in [1.807, 2.05) is 12.3 Å². The van der Waals surface area contributed by atoms with Crippen LogP contribution >= 0.6 is 0 Å². The first-order valence-corrected chi connectivity index (χ1v) is 10.3. The maximum atomic E-state index is 4.65. The summed E-state index contributed by atoms with van der Waals surface area (Å²) in [6.45, 7) is 4.66. The van der Waals surface area contributed by atoms with E-state index in [0.29, 0.717) is 15.0 Å². The van der Waals surface area contributed by atoms with Crippen LogP contribution in [0.4, 0.5) is 0 Å². The molecule has 120 valence electrons. The Balaban J connectivity index is 2.04. The minimum atomic E-state index is 0.0973. The number of pyridine rings is 1. The minimum absolute atomic E-state index is 0.0973. The zero-order valence-electron chi connectivity index (χ0n) is 14.1. The molecule has 0 aliphatic carbocycles. The van der Waals surface area contributed by atoms with Crippen LogP contribution in [0.5, 0.6) is 0 Å². The number of fused-ring (bicyclic) bond motifs is 2. The van der Waals surface area contributed by atoms with Gasteiger partial charge in [-0.05, 0) is 0 Å². The average Bonchev–Trinajstić information content (AvgIpc) is 2.66. The van der Waals surface area contributed by atoms with Crippen molar-refractivity contribution >= 4 is 23.9 Å². The van der Waals surface area contributed by atoms with E-state index in [0.717, 1.165) is 18.5 Å². The summed E-state index contributed by atoms with van der Waals surface area (Å²) < 4.78 is 3.06. The summed E-state index contributed by atoms with van der Waals surface area (Å²) in [6.07, 6.45) is 4.14. The molecular weight excluding hydrogens is 357 g/mol. The van der Waals surface area contributed by atoms with Crippen molar-refractivity contribution in [3.8, 4) is 11.3 Å². The predicted octanol–water partition coefficient (Wildman–Crippen LogP) is 3.82. The summed E-state index contributed by atoms with van der Waals surface area (Å²) in [5.41, 5.74) is 5.56. The Kier molecular flexibility index (Phi) is 4.04. The second-order valence-electron chi connectivity index (χ2n) is 6.28. The predicted molar refractivity (Wildman–Crippen MR) is 102 cm³/mol. The van der Waals surface area contributed by atoms with Crippen molar-refractivity contribution in [2.45, 2.75) is 32.1 Å². The molecule has 0 unspecified atom stereocenters. The normalized spacial score (nSPS) is 14.8. The molecule has 4 rings (SSSR count). The molecule has 1 aliphatic rings. The molecule has 2 aromatic carbocycles. The number of hydrogen-bond acceptors (Lipinski definition) is 1. The van der Waals surface area contributed by atoms with Crippen LogP contribution < -0.4 is 8.92 Å². The van der Waals surface area contributed by atoms with Gasteiger partial charge in [0, 0.05) is 0 Å². The third-order valence-corrected chi connectivity index (χ3v) is 7.66. The van der Waals surface area contributed by atoms with Crippen molar-refractivity contribution in [1.29, 1.82) is 0 Å². The van der Waals surface area contributed by atoms with Gasteiger partial charge >= 0.3 is 150 Å².